The van der Waals surface area contributed by atoms with Crippen molar-refractivity contribution in [1.29, 1.82) is 0 Å². The van der Waals surface area contributed by atoms with E-state index >= 15 is 0 Å². The zero-order chi connectivity index (χ0) is 18.7. The van der Waals surface area contributed by atoms with E-state index in [1.165, 1.54) is 12.1 Å². The van der Waals surface area contributed by atoms with Crippen LogP contribution in [0.1, 0.15) is 31.9 Å². The van der Waals surface area contributed by atoms with Gasteiger partial charge in [-0.1, -0.05) is 30.3 Å². The summed E-state index contributed by atoms with van der Waals surface area (Å²) in [5, 5.41) is 2.76. The molecule has 0 heterocycles. The minimum Gasteiger partial charge on any atom is -0.326 e. The Hall–Kier alpha value is -2.18. The van der Waals surface area contributed by atoms with E-state index in [2.05, 4.69) is 10.0 Å². The standard InChI is InChI=1S/C19H24N2O3S/c1-14-8-5-6-9-15(14)12-18(22)20-16-10-7-11-17(13-16)25(23,24)21-19(2,3)4/h5-11,13,21H,12H2,1-4H3,(H,20,22). The molecule has 0 aliphatic carbocycles. The first-order valence-electron chi connectivity index (χ1n) is 8.05. The van der Waals surface area contributed by atoms with Crippen LogP contribution in [0.4, 0.5) is 5.69 Å². The predicted molar refractivity (Wildman–Crippen MR) is 100 cm³/mol. The third kappa shape index (κ3) is 5.69. The molecule has 2 rings (SSSR count). The van der Waals surface area contributed by atoms with Gasteiger partial charge >= 0.3 is 0 Å². The summed E-state index contributed by atoms with van der Waals surface area (Å²) in [7, 11) is -3.64. The van der Waals surface area contributed by atoms with Crippen molar-refractivity contribution in [3.8, 4) is 0 Å². The van der Waals surface area contributed by atoms with E-state index in [0.29, 0.717) is 5.69 Å². The third-order valence-corrected chi connectivity index (χ3v) is 5.24. The highest BCUT2D eigenvalue weighted by atomic mass is 32.2. The number of amides is 1. The molecule has 25 heavy (non-hydrogen) atoms. The Labute approximate surface area is 149 Å². The second-order valence-electron chi connectivity index (χ2n) is 7.03. The van der Waals surface area contributed by atoms with Gasteiger partial charge in [-0.05, 0) is 57.0 Å². The maximum absolute atomic E-state index is 12.4. The van der Waals surface area contributed by atoms with E-state index in [-0.39, 0.29) is 17.2 Å². The molecular weight excluding hydrogens is 336 g/mol. The summed E-state index contributed by atoms with van der Waals surface area (Å²) >= 11 is 0. The molecule has 0 fully saturated rings. The maximum Gasteiger partial charge on any atom is 0.241 e. The molecule has 2 aromatic rings. The molecule has 2 aromatic carbocycles. The maximum atomic E-state index is 12.4. The van der Waals surface area contributed by atoms with Crippen molar-refractivity contribution in [3.05, 3.63) is 59.7 Å². The molecule has 0 radical (unpaired) electrons. The van der Waals surface area contributed by atoms with Gasteiger partial charge in [0.1, 0.15) is 0 Å². The molecule has 134 valence electrons. The van der Waals surface area contributed by atoms with Crippen molar-refractivity contribution < 1.29 is 13.2 Å². The fourth-order valence-electron chi connectivity index (χ4n) is 2.39. The second kappa shape index (κ2) is 7.37. The summed E-state index contributed by atoms with van der Waals surface area (Å²) in [5.74, 6) is -0.187. The zero-order valence-corrected chi connectivity index (χ0v) is 15.8. The minimum atomic E-state index is -3.64. The van der Waals surface area contributed by atoms with Crippen molar-refractivity contribution in [3.63, 3.8) is 0 Å². The van der Waals surface area contributed by atoms with Gasteiger partial charge in [0.2, 0.25) is 15.9 Å². The summed E-state index contributed by atoms with van der Waals surface area (Å²) in [6.07, 6.45) is 0.240. The topological polar surface area (TPSA) is 75.3 Å². The first kappa shape index (κ1) is 19.1. The average Bonchev–Trinajstić information content (AvgIpc) is 2.47. The molecule has 0 unspecified atom stereocenters. The monoisotopic (exact) mass is 360 g/mol. The van der Waals surface area contributed by atoms with Crippen molar-refractivity contribution >= 4 is 21.6 Å². The molecule has 0 aliphatic rings. The van der Waals surface area contributed by atoms with Crippen LogP contribution in [0, 0.1) is 6.92 Å². The lowest BCUT2D eigenvalue weighted by atomic mass is 10.1. The molecule has 6 heteroatoms. The van der Waals surface area contributed by atoms with Gasteiger partial charge in [0.15, 0.2) is 0 Å². The Kier molecular flexibility index (Phi) is 5.65. The highest BCUT2D eigenvalue weighted by molar-refractivity contribution is 7.89. The molecule has 0 aromatic heterocycles. The van der Waals surface area contributed by atoms with E-state index in [1.54, 1.807) is 32.9 Å². The Morgan fingerprint density at radius 2 is 1.72 bits per heavy atom. The van der Waals surface area contributed by atoms with Gasteiger partial charge in [-0.15, -0.1) is 0 Å². The summed E-state index contributed by atoms with van der Waals surface area (Å²) in [5.41, 5.74) is 1.86. The van der Waals surface area contributed by atoms with E-state index in [9.17, 15) is 13.2 Å². The van der Waals surface area contributed by atoms with Gasteiger partial charge in [0.05, 0.1) is 11.3 Å². The van der Waals surface area contributed by atoms with Crippen LogP contribution in [-0.2, 0) is 21.2 Å². The number of hydrogen-bond acceptors (Lipinski definition) is 3. The zero-order valence-electron chi connectivity index (χ0n) is 15.0. The number of aryl methyl sites for hydroxylation is 1. The van der Waals surface area contributed by atoms with Crippen molar-refractivity contribution in [2.75, 3.05) is 5.32 Å². The van der Waals surface area contributed by atoms with Gasteiger partial charge in [0.25, 0.3) is 0 Å². The smallest absolute Gasteiger partial charge is 0.241 e. The summed E-state index contributed by atoms with van der Waals surface area (Å²) in [6, 6.07) is 13.9. The molecule has 0 atom stereocenters. The van der Waals surface area contributed by atoms with E-state index in [1.807, 2.05) is 31.2 Å². The van der Waals surface area contributed by atoms with Crippen LogP contribution in [0.5, 0.6) is 0 Å². The highest BCUT2D eigenvalue weighted by Gasteiger charge is 2.22. The number of rotatable bonds is 5. The lowest BCUT2D eigenvalue weighted by Crippen LogP contribution is -2.40. The molecule has 0 saturated carbocycles. The summed E-state index contributed by atoms with van der Waals surface area (Å²) in [4.78, 5) is 12.4. The Balaban J connectivity index is 2.14. The summed E-state index contributed by atoms with van der Waals surface area (Å²) < 4.78 is 27.4. The number of carbonyl (C=O) groups is 1. The molecule has 5 nitrogen and oxygen atoms in total. The Bertz CT molecular complexity index is 868. The predicted octanol–water partition coefficient (Wildman–Crippen LogP) is 3.25. The Morgan fingerprint density at radius 3 is 2.36 bits per heavy atom. The molecule has 0 bridgehead atoms. The lowest BCUT2D eigenvalue weighted by Gasteiger charge is -2.20. The largest absolute Gasteiger partial charge is 0.326 e. The molecule has 0 saturated heterocycles. The van der Waals surface area contributed by atoms with E-state index in [0.717, 1.165) is 11.1 Å². The van der Waals surface area contributed by atoms with Gasteiger partial charge in [0, 0.05) is 11.2 Å². The molecule has 2 N–H and O–H groups in total. The fraction of sp³-hybridized carbons (Fsp3) is 0.316. The van der Waals surface area contributed by atoms with Crippen LogP contribution in [0.15, 0.2) is 53.4 Å². The molecule has 1 amide bonds. The number of anilines is 1. The van der Waals surface area contributed by atoms with Gasteiger partial charge < -0.3 is 5.32 Å². The van der Waals surface area contributed by atoms with Crippen molar-refractivity contribution in [1.82, 2.24) is 4.72 Å². The van der Waals surface area contributed by atoms with E-state index in [4.69, 9.17) is 0 Å². The van der Waals surface area contributed by atoms with Crippen LogP contribution in [0.25, 0.3) is 0 Å². The number of sulfonamides is 1. The van der Waals surface area contributed by atoms with Gasteiger partial charge in [-0.3, -0.25) is 4.79 Å². The molecule has 0 aliphatic heterocycles. The second-order valence-corrected chi connectivity index (χ2v) is 8.72. The van der Waals surface area contributed by atoms with Crippen LogP contribution in [0.3, 0.4) is 0 Å². The SMILES string of the molecule is Cc1ccccc1CC(=O)Nc1cccc(S(=O)(=O)NC(C)(C)C)c1. The number of benzene rings is 2. The first-order valence-corrected chi connectivity index (χ1v) is 9.53. The van der Waals surface area contributed by atoms with Crippen molar-refractivity contribution in [2.45, 2.75) is 44.6 Å². The van der Waals surface area contributed by atoms with Crippen LogP contribution >= 0.6 is 0 Å². The highest BCUT2D eigenvalue weighted by Crippen LogP contribution is 2.18. The lowest BCUT2D eigenvalue weighted by molar-refractivity contribution is -0.115. The fourth-order valence-corrected chi connectivity index (χ4v) is 3.85. The Morgan fingerprint density at radius 1 is 1.04 bits per heavy atom. The van der Waals surface area contributed by atoms with Gasteiger partial charge in [-0.25, -0.2) is 13.1 Å². The van der Waals surface area contributed by atoms with Crippen molar-refractivity contribution in [2.24, 2.45) is 0 Å². The third-order valence-electron chi connectivity index (χ3n) is 3.48. The summed E-state index contributed by atoms with van der Waals surface area (Å²) in [6.45, 7) is 7.28. The van der Waals surface area contributed by atoms with Crippen LogP contribution < -0.4 is 10.0 Å². The number of hydrogen-bond donors (Lipinski definition) is 2. The molecule has 0 spiro atoms. The average molecular weight is 360 g/mol. The van der Waals surface area contributed by atoms with E-state index < -0.39 is 15.6 Å². The normalized spacial score (nSPS) is 12.0. The quantitative estimate of drug-likeness (QED) is 0.859. The molecular formula is C19H24N2O3S. The van der Waals surface area contributed by atoms with Crippen LogP contribution in [-0.4, -0.2) is 19.9 Å². The first-order chi connectivity index (χ1) is 11.6. The van der Waals surface area contributed by atoms with Crippen LogP contribution in [0.2, 0.25) is 0 Å². The van der Waals surface area contributed by atoms with Gasteiger partial charge in [-0.2, -0.15) is 0 Å². The number of carbonyl (C=O) groups excluding carboxylic acids is 1. The minimum absolute atomic E-state index is 0.121. The number of nitrogens with one attached hydrogen (secondary N) is 2.